The lowest BCUT2D eigenvalue weighted by atomic mass is 10.0. The van der Waals surface area contributed by atoms with Crippen LogP contribution in [0.3, 0.4) is 0 Å². The molecule has 26 heavy (non-hydrogen) atoms. The number of carbonyl (C=O) groups is 1. The molecule has 0 fully saturated rings. The average Bonchev–Trinajstić information content (AvgIpc) is 3.09. The predicted molar refractivity (Wildman–Crippen MR) is 105 cm³/mol. The minimum absolute atomic E-state index is 0.0778. The van der Waals surface area contributed by atoms with Gasteiger partial charge in [-0.05, 0) is 34.9 Å². The highest BCUT2D eigenvalue weighted by Crippen LogP contribution is 2.19. The summed E-state index contributed by atoms with van der Waals surface area (Å²) in [6.07, 6.45) is 1.95. The quantitative estimate of drug-likeness (QED) is 0.556. The summed E-state index contributed by atoms with van der Waals surface area (Å²) in [5.74, 6) is 0.981. The Morgan fingerprint density at radius 1 is 0.923 bits per heavy atom. The van der Waals surface area contributed by atoms with Gasteiger partial charge in [-0.25, -0.2) is 4.98 Å². The van der Waals surface area contributed by atoms with Gasteiger partial charge in [0.2, 0.25) is 5.91 Å². The third kappa shape index (κ3) is 3.59. The van der Waals surface area contributed by atoms with E-state index in [1.807, 2.05) is 36.4 Å². The fourth-order valence-corrected chi connectivity index (χ4v) is 3.29. The Hall–Kier alpha value is -3.14. The second-order valence-electron chi connectivity index (χ2n) is 6.44. The number of hydrogen-bond donors (Lipinski definition) is 2. The molecule has 0 aliphatic heterocycles. The van der Waals surface area contributed by atoms with Gasteiger partial charge in [0.05, 0.1) is 11.0 Å². The molecule has 0 aliphatic rings. The van der Waals surface area contributed by atoms with E-state index in [9.17, 15) is 4.79 Å². The van der Waals surface area contributed by atoms with Crippen molar-refractivity contribution in [3.8, 4) is 0 Å². The number of H-pyrrole nitrogens is 1. The lowest BCUT2D eigenvalue weighted by Gasteiger charge is -2.07. The number of hydrogen-bond acceptors (Lipinski definition) is 2. The Bertz CT molecular complexity index is 1010. The summed E-state index contributed by atoms with van der Waals surface area (Å²) in [4.78, 5) is 20.0. The zero-order valence-electron chi connectivity index (χ0n) is 14.5. The highest BCUT2D eigenvalue weighted by atomic mass is 16.1. The highest BCUT2D eigenvalue weighted by Gasteiger charge is 2.06. The van der Waals surface area contributed by atoms with Gasteiger partial charge in [0.1, 0.15) is 5.82 Å². The molecule has 0 saturated carbocycles. The van der Waals surface area contributed by atoms with Crippen molar-refractivity contribution in [2.45, 2.75) is 19.3 Å². The number of imidazole rings is 1. The first-order chi connectivity index (χ1) is 12.8. The number of amides is 1. The molecule has 3 aromatic carbocycles. The van der Waals surface area contributed by atoms with Gasteiger partial charge in [-0.2, -0.15) is 0 Å². The molecule has 4 heteroatoms. The maximum absolute atomic E-state index is 12.2. The summed E-state index contributed by atoms with van der Waals surface area (Å²) < 4.78 is 0. The van der Waals surface area contributed by atoms with Crippen molar-refractivity contribution in [2.24, 2.45) is 0 Å². The standard InChI is InChI=1S/C22H21N3O/c26-22(13-12-17-8-5-7-16-6-1-2-9-18(16)17)23-15-14-21-24-19-10-3-4-11-20(19)25-21/h1-11H,12-15H2,(H,23,26)(H,24,25). The van der Waals surface area contributed by atoms with Gasteiger partial charge in [-0.3, -0.25) is 4.79 Å². The average molecular weight is 343 g/mol. The second kappa shape index (κ2) is 7.40. The van der Waals surface area contributed by atoms with Gasteiger partial charge in [0.25, 0.3) is 0 Å². The van der Waals surface area contributed by atoms with E-state index in [1.165, 1.54) is 16.3 Å². The first-order valence-corrected chi connectivity index (χ1v) is 8.96. The largest absolute Gasteiger partial charge is 0.356 e. The molecule has 4 aromatic rings. The number of nitrogens with one attached hydrogen (secondary N) is 2. The zero-order chi connectivity index (χ0) is 17.8. The topological polar surface area (TPSA) is 57.8 Å². The Morgan fingerprint density at radius 2 is 1.73 bits per heavy atom. The van der Waals surface area contributed by atoms with E-state index in [1.54, 1.807) is 0 Å². The molecule has 1 amide bonds. The van der Waals surface area contributed by atoms with Crippen LogP contribution < -0.4 is 5.32 Å². The summed E-state index contributed by atoms with van der Waals surface area (Å²) in [6.45, 7) is 0.591. The van der Waals surface area contributed by atoms with Crippen LogP contribution in [0.2, 0.25) is 0 Å². The normalized spacial score (nSPS) is 11.1. The van der Waals surface area contributed by atoms with E-state index in [0.29, 0.717) is 19.4 Å². The van der Waals surface area contributed by atoms with Crippen molar-refractivity contribution < 1.29 is 4.79 Å². The van der Waals surface area contributed by atoms with Crippen LogP contribution in [0.15, 0.2) is 66.7 Å². The minimum Gasteiger partial charge on any atom is -0.356 e. The van der Waals surface area contributed by atoms with E-state index in [-0.39, 0.29) is 5.91 Å². The number of benzene rings is 3. The van der Waals surface area contributed by atoms with Crippen molar-refractivity contribution in [1.29, 1.82) is 0 Å². The number of para-hydroxylation sites is 2. The van der Waals surface area contributed by atoms with Gasteiger partial charge in [-0.15, -0.1) is 0 Å². The Kier molecular flexibility index (Phi) is 4.65. The Labute approximate surface area is 152 Å². The van der Waals surface area contributed by atoms with E-state index in [4.69, 9.17) is 0 Å². The van der Waals surface area contributed by atoms with E-state index in [0.717, 1.165) is 23.3 Å². The van der Waals surface area contributed by atoms with E-state index in [2.05, 4.69) is 45.6 Å². The Balaban J connectivity index is 1.30. The van der Waals surface area contributed by atoms with Crippen LogP contribution in [0.1, 0.15) is 17.8 Å². The fraction of sp³-hybridized carbons (Fsp3) is 0.182. The fourth-order valence-electron chi connectivity index (χ4n) is 3.29. The smallest absolute Gasteiger partial charge is 0.220 e. The first kappa shape index (κ1) is 16.3. The molecule has 4 nitrogen and oxygen atoms in total. The van der Waals surface area contributed by atoms with E-state index < -0.39 is 0 Å². The van der Waals surface area contributed by atoms with Crippen LogP contribution >= 0.6 is 0 Å². The molecule has 130 valence electrons. The number of carbonyl (C=O) groups excluding carboxylic acids is 1. The molecule has 0 spiro atoms. The van der Waals surface area contributed by atoms with Crippen molar-refractivity contribution in [1.82, 2.24) is 15.3 Å². The van der Waals surface area contributed by atoms with Gasteiger partial charge in [0.15, 0.2) is 0 Å². The van der Waals surface area contributed by atoms with Gasteiger partial charge >= 0.3 is 0 Å². The molecule has 0 atom stereocenters. The maximum atomic E-state index is 12.2. The lowest BCUT2D eigenvalue weighted by molar-refractivity contribution is -0.121. The van der Waals surface area contributed by atoms with Crippen LogP contribution in [-0.2, 0) is 17.6 Å². The molecule has 0 aliphatic carbocycles. The number of nitrogens with zero attached hydrogens (tertiary/aromatic N) is 1. The molecule has 0 saturated heterocycles. The van der Waals surface area contributed by atoms with Gasteiger partial charge < -0.3 is 10.3 Å². The van der Waals surface area contributed by atoms with Crippen molar-refractivity contribution in [2.75, 3.05) is 6.54 Å². The zero-order valence-corrected chi connectivity index (χ0v) is 14.5. The molecule has 2 N–H and O–H groups in total. The summed E-state index contributed by atoms with van der Waals surface area (Å²) in [5.41, 5.74) is 3.21. The second-order valence-corrected chi connectivity index (χ2v) is 6.44. The molecule has 4 rings (SSSR count). The maximum Gasteiger partial charge on any atom is 0.220 e. The summed E-state index contributed by atoms with van der Waals surface area (Å²) in [6, 6.07) is 22.5. The number of rotatable bonds is 6. The molecule has 1 aromatic heterocycles. The molecular weight excluding hydrogens is 322 g/mol. The molecule has 1 heterocycles. The number of fused-ring (bicyclic) bond motifs is 2. The summed E-state index contributed by atoms with van der Waals surface area (Å²) >= 11 is 0. The predicted octanol–water partition coefficient (Wildman–Crippen LogP) is 4.01. The summed E-state index contributed by atoms with van der Waals surface area (Å²) in [5, 5.41) is 5.44. The molecule has 0 radical (unpaired) electrons. The van der Waals surface area contributed by atoms with Gasteiger partial charge in [-0.1, -0.05) is 54.6 Å². The first-order valence-electron chi connectivity index (χ1n) is 8.96. The number of aryl methyl sites for hydroxylation is 1. The molecule has 0 bridgehead atoms. The Morgan fingerprint density at radius 3 is 2.65 bits per heavy atom. The SMILES string of the molecule is O=C(CCc1cccc2ccccc12)NCCc1nc2ccccc2[nH]1. The number of aromatic nitrogens is 2. The van der Waals surface area contributed by atoms with Gasteiger partial charge in [0, 0.05) is 19.4 Å². The third-order valence-corrected chi connectivity index (χ3v) is 4.62. The van der Waals surface area contributed by atoms with Crippen LogP contribution in [0.4, 0.5) is 0 Å². The third-order valence-electron chi connectivity index (χ3n) is 4.62. The van der Waals surface area contributed by atoms with Crippen molar-refractivity contribution in [3.05, 3.63) is 78.1 Å². The van der Waals surface area contributed by atoms with Crippen LogP contribution in [0, 0.1) is 0 Å². The number of aromatic amines is 1. The van der Waals surface area contributed by atoms with Crippen LogP contribution in [0.25, 0.3) is 21.8 Å². The minimum atomic E-state index is 0.0778. The van der Waals surface area contributed by atoms with Crippen LogP contribution in [-0.4, -0.2) is 22.4 Å². The monoisotopic (exact) mass is 343 g/mol. The molecule has 0 unspecified atom stereocenters. The lowest BCUT2D eigenvalue weighted by Crippen LogP contribution is -2.26. The molecular formula is C22H21N3O. The van der Waals surface area contributed by atoms with Crippen molar-refractivity contribution in [3.63, 3.8) is 0 Å². The van der Waals surface area contributed by atoms with E-state index >= 15 is 0 Å². The summed E-state index contributed by atoms with van der Waals surface area (Å²) in [7, 11) is 0. The highest BCUT2D eigenvalue weighted by molar-refractivity contribution is 5.86. The van der Waals surface area contributed by atoms with Crippen LogP contribution in [0.5, 0.6) is 0 Å². The van der Waals surface area contributed by atoms with Crippen molar-refractivity contribution >= 4 is 27.7 Å².